The average molecular weight is 483 g/mol. The maximum Gasteiger partial charge on any atom is 0.416 e. The van der Waals surface area contributed by atoms with Crippen LogP contribution in [0.25, 0.3) is 0 Å². The van der Waals surface area contributed by atoms with Crippen LogP contribution >= 0.6 is 0 Å². The second kappa shape index (κ2) is 9.92. The van der Waals surface area contributed by atoms with Gasteiger partial charge in [0.15, 0.2) is 0 Å². The summed E-state index contributed by atoms with van der Waals surface area (Å²) in [5.41, 5.74) is 2.17. The third-order valence-electron chi connectivity index (χ3n) is 6.09. The number of carbonyl (C=O) groups is 2. The first-order valence-electron chi connectivity index (χ1n) is 11.1. The van der Waals surface area contributed by atoms with Gasteiger partial charge in [0, 0.05) is 12.8 Å². The summed E-state index contributed by atoms with van der Waals surface area (Å²) in [6, 6.07) is 20.5. The van der Waals surface area contributed by atoms with E-state index in [1.807, 2.05) is 37.3 Å². The molecule has 182 valence electrons. The fraction of sp³-hybridized carbons (Fsp3) is 0.259. The second-order valence-electron chi connectivity index (χ2n) is 8.53. The van der Waals surface area contributed by atoms with Gasteiger partial charge in [-0.3, -0.25) is 14.6 Å². The summed E-state index contributed by atoms with van der Waals surface area (Å²) in [5, 5.41) is 0. The Morgan fingerprint density at radius 3 is 2.03 bits per heavy atom. The third-order valence-corrected chi connectivity index (χ3v) is 6.09. The van der Waals surface area contributed by atoms with Gasteiger partial charge < -0.3 is 4.74 Å². The highest BCUT2D eigenvalue weighted by Gasteiger charge is 2.47. The van der Waals surface area contributed by atoms with Crippen LogP contribution in [-0.2, 0) is 28.7 Å². The SMILES string of the molecule is COC1C(Cc2ccc(C)cc2)C(=O)N(Cc2ccc(C(F)(F)F)cc2)C(=O)N1c1ccccc1. The lowest BCUT2D eigenvalue weighted by atomic mass is 9.92. The van der Waals surface area contributed by atoms with Crippen molar-refractivity contribution in [3.05, 3.63) is 101 Å². The fourth-order valence-electron chi connectivity index (χ4n) is 4.24. The van der Waals surface area contributed by atoms with Gasteiger partial charge in [-0.05, 0) is 48.7 Å². The van der Waals surface area contributed by atoms with Crippen molar-refractivity contribution < 1.29 is 27.5 Å². The van der Waals surface area contributed by atoms with Crippen molar-refractivity contribution in [2.75, 3.05) is 12.0 Å². The number of rotatable bonds is 6. The summed E-state index contributed by atoms with van der Waals surface area (Å²) >= 11 is 0. The molecule has 3 amide bonds. The number of para-hydroxylation sites is 1. The topological polar surface area (TPSA) is 49.9 Å². The number of urea groups is 1. The summed E-state index contributed by atoms with van der Waals surface area (Å²) < 4.78 is 44.6. The summed E-state index contributed by atoms with van der Waals surface area (Å²) in [5.74, 6) is -1.15. The van der Waals surface area contributed by atoms with E-state index < -0.39 is 35.8 Å². The highest BCUT2D eigenvalue weighted by atomic mass is 19.4. The van der Waals surface area contributed by atoms with E-state index in [9.17, 15) is 22.8 Å². The molecule has 3 aromatic rings. The number of benzene rings is 3. The monoisotopic (exact) mass is 482 g/mol. The lowest BCUT2D eigenvalue weighted by Crippen LogP contribution is -2.62. The molecule has 0 N–H and O–H groups in total. The quantitative estimate of drug-likeness (QED) is 0.445. The van der Waals surface area contributed by atoms with E-state index in [1.54, 1.807) is 24.3 Å². The zero-order valence-electron chi connectivity index (χ0n) is 19.3. The summed E-state index contributed by atoms with van der Waals surface area (Å²) in [7, 11) is 1.45. The molecule has 1 fully saturated rings. The Hall–Kier alpha value is -3.65. The molecule has 8 heteroatoms. The molecule has 0 spiro atoms. The van der Waals surface area contributed by atoms with Gasteiger partial charge in [0.05, 0.1) is 18.0 Å². The number of anilines is 1. The first-order chi connectivity index (χ1) is 16.7. The first-order valence-corrected chi connectivity index (χ1v) is 11.1. The van der Waals surface area contributed by atoms with Crippen LogP contribution in [0.3, 0.4) is 0 Å². The van der Waals surface area contributed by atoms with Gasteiger partial charge in [0.25, 0.3) is 0 Å². The molecule has 0 bridgehead atoms. The molecule has 1 saturated heterocycles. The Balaban J connectivity index is 1.70. The van der Waals surface area contributed by atoms with Crippen molar-refractivity contribution >= 4 is 17.6 Å². The van der Waals surface area contributed by atoms with Crippen LogP contribution in [0.1, 0.15) is 22.3 Å². The Bertz CT molecular complexity index is 1180. The number of aryl methyl sites for hydroxylation is 1. The minimum Gasteiger partial charge on any atom is -0.360 e. The number of amides is 3. The van der Waals surface area contributed by atoms with Crippen LogP contribution in [0.5, 0.6) is 0 Å². The molecular formula is C27H25F3N2O3. The van der Waals surface area contributed by atoms with Crippen molar-refractivity contribution in [1.29, 1.82) is 0 Å². The molecule has 4 rings (SSSR count). The van der Waals surface area contributed by atoms with Crippen molar-refractivity contribution in [2.45, 2.75) is 32.3 Å². The maximum absolute atomic E-state index is 13.6. The van der Waals surface area contributed by atoms with Gasteiger partial charge in [-0.15, -0.1) is 0 Å². The van der Waals surface area contributed by atoms with E-state index in [0.717, 1.165) is 28.2 Å². The van der Waals surface area contributed by atoms with Gasteiger partial charge in [-0.1, -0.05) is 60.2 Å². The number of ether oxygens (including phenoxy) is 1. The van der Waals surface area contributed by atoms with E-state index in [1.165, 1.54) is 24.1 Å². The normalized spacial score (nSPS) is 18.8. The number of hydrogen-bond acceptors (Lipinski definition) is 3. The first kappa shape index (κ1) is 24.5. The van der Waals surface area contributed by atoms with Crippen LogP contribution in [0, 0.1) is 12.8 Å². The number of methoxy groups -OCH3 is 1. The number of alkyl halides is 3. The van der Waals surface area contributed by atoms with Gasteiger partial charge >= 0.3 is 12.2 Å². The lowest BCUT2D eigenvalue weighted by Gasteiger charge is -2.44. The predicted octanol–water partition coefficient (Wildman–Crippen LogP) is 5.81. The zero-order chi connectivity index (χ0) is 25.2. The number of carbonyl (C=O) groups excluding carboxylic acids is 2. The second-order valence-corrected chi connectivity index (χ2v) is 8.53. The Labute approximate surface area is 201 Å². The predicted molar refractivity (Wildman–Crippen MR) is 125 cm³/mol. The highest BCUT2D eigenvalue weighted by molar-refractivity contribution is 6.07. The van der Waals surface area contributed by atoms with E-state index >= 15 is 0 Å². The van der Waals surface area contributed by atoms with Crippen molar-refractivity contribution in [2.24, 2.45) is 5.92 Å². The minimum absolute atomic E-state index is 0.153. The molecule has 35 heavy (non-hydrogen) atoms. The van der Waals surface area contributed by atoms with Crippen molar-refractivity contribution in [3.63, 3.8) is 0 Å². The van der Waals surface area contributed by atoms with Gasteiger partial charge in [0.2, 0.25) is 5.91 Å². The van der Waals surface area contributed by atoms with Crippen LogP contribution < -0.4 is 4.90 Å². The van der Waals surface area contributed by atoms with Gasteiger partial charge in [-0.2, -0.15) is 13.2 Å². The molecule has 0 aliphatic carbocycles. The molecule has 0 saturated carbocycles. The minimum atomic E-state index is -4.47. The molecule has 1 heterocycles. The molecule has 5 nitrogen and oxygen atoms in total. The van der Waals surface area contributed by atoms with E-state index in [-0.39, 0.29) is 6.54 Å². The van der Waals surface area contributed by atoms with Gasteiger partial charge in [-0.25, -0.2) is 4.79 Å². The molecule has 1 aliphatic heterocycles. The Morgan fingerprint density at radius 2 is 1.46 bits per heavy atom. The van der Waals surface area contributed by atoms with Crippen LogP contribution in [0.4, 0.5) is 23.7 Å². The average Bonchev–Trinajstić information content (AvgIpc) is 2.84. The third kappa shape index (κ3) is 5.22. The molecule has 3 aromatic carbocycles. The molecule has 0 radical (unpaired) electrons. The smallest absolute Gasteiger partial charge is 0.360 e. The molecule has 2 atom stereocenters. The highest BCUT2D eigenvalue weighted by Crippen LogP contribution is 2.33. The van der Waals surface area contributed by atoms with Crippen molar-refractivity contribution in [1.82, 2.24) is 4.90 Å². The van der Waals surface area contributed by atoms with Crippen LogP contribution in [-0.4, -0.2) is 30.2 Å². The largest absolute Gasteiger partial charge is 0.416 e. The van der Waals surface area contributed by atoms with Crippen LogP contribution in [0.15, 0.2) is 78.9 Å². The standard InChI is InChI=1S/C27H25F3N2O3/c1-18-8-10-19(11-9-18)16-23-24(33)31(17-20-12-14-21(15-13-20)27(28,29)30)26(34)32(25(23)35-2)22-6-4-3-5-7-22/h3-15,23,25H,16-17H2,1-2H3. The van der Waals surface area contributed by atoms with E-state index in [2.05, 4.69) is 0 Å². The zero-order valence-corrected chi connectivity index (χ0v) is 19.3. The maximum atomic E-state index is 13.6. The fourth-order valence-corrected chi connectivity index (χ4v) is 4.24. The number of hydrogen-bond donors (Lipinski definition) is 0. The molecular weight excluding hydrogens is 457 g/mol. The summed E-state index contributed by atoms with van der Waals surface area (Å²) in [6.45, 7) is 1.81. The number of halogens is 3. The molecule has 1 aliphatic rings. The molecule has 0 aromatic heterocycles. The Morgan fingerprint density at radius 1 is 0.857 bits per heavy atom. The summed E-state index contributed by atoms with van der Waals surface area (Å²) in [6.07, 6.45) is -4.98. The van der Waals surface area contributed by atoms with Crippen molar-refractivity contribution in [3.8, 4) is 0 Å². The lowest BCUT2D eigenvalue weighted by molar-refractivity contribution is -0.140. The summed E-state index contributed by atoms with van der Waals surface area (Å²) in [4.78, 5) is 29.7. The Kier molecular flexibility index (Phi) is 6.93. The van der Waals surface area contributed by atoms with Crippen LogP contribution in [0.2, 0.25) is 0 Å². The van der Waals surface area contributed by atoms with E-state index in [0.29, 0.717) is 17.7 Å². The molecule has 2 unspecified atom stereocenters. The number of nitrogens with zero attached hydrogens (tertiary/aromatic N) is 2. The van der Waals surface area contributed by atoms with Gasteiger partial charge in [0.1, 0.15) is 6.23 Å². The van der Waals surface area contributed by atoms with E-state index in [4.69, 9.17) is 4.74 Å². The number of imide groups is 1.